The molecule has 0 heterocycles. The highest BCUT2D eigenvalue weighted by Gasteiger charge is 2.38. The van der Waals surface area contributed by atoms with Gasteiger partial charge in [-0.05, 0) is 37.5 Å². The van der Waals surface area contributed by atoms with Crippen molar-refractivity contribution in [2.45, 2.75) is 78.6 Å². The van der Waals surface area contributed by atoms with E-state index in [1.54, 1.807) is 0 Å². The summed E-state index contributed by atoms with van der Waals surface area (Å²) < 4.78 is 0. The summed E-state index contributed by atoms with van der Waals surface area (Å²) >= 11 is 0. The third-order valence-electron chi connectivity index (χ3n) is 4.80. The molecule has 0 spiro atoms. The Morgan fingerprint density at radius 3 is 2.12 bits per heavy atom. The van der Waals surface area contributed by atoms with Gasteiger partial charge >= 0.3 is 0 Å². The normalized spacial score (nSPS) is 34.9. The molecule has 1 aliphatic rings. The molecule has 0 aromatic carbocycles. The van der Waals surface area contributed by atoms with E-state index < -0.39 is 0 Å². The van der Waals surface area contributed by atoms with E-state index in [0.717, 1.165) is 12.8 Å². The van der Waals surface area contributed by atoms with Crippen LogP contribution in [0.1, 0.15) is 78.6 Å². The van der Waals surface area contributed by atoms with Gasteiger partial charge in [-0.25, -0.2) is 0 Å². The Hall–Kier alpha value is -0.330. The number of hydrogen-bond donors (Lipinski definition) is 0. The zero-order valence-corrected chi connectivity index (χ0v) is 11.3. The van der Waals surface area contributed by atoms with Crippen molar-refractivity contribution in [1.82, 2.24) is 0 Å². The average molecular weight is 224 g/mol. The summed E-state index contributed by atoms with van der Waals surface area (Å²) in [5, 5.41) is 0. The van der Waals surface area contributed by atoms with Crippen molar-refractivity contribution in [2.24, 2.45) is 10.8 Å². The lowest BCUT2D eigenvalue weighted by Crippen LogP contribution is -2.33. The van der Waals surface area contributed by atoms with Crippen LogP contribution in [0.5, 0.6) is 0 Å². The van der Waals surface area contributed by atoms with E-state index in [1.165, 1.54) is 51.2 Å². The van der Waals surface area contributed by atoms with Crippen LogP contribution >= 0.6 is 0 Å². The summed E-state index contributed by atoms with van der Waals surface area (Å²) in [6.07, 6.45) is 12.7. The molecule has 0 aromatic rings. The van der Waals surface area contributed by atoms with Crippen LogP contribution in [-0.4, -0.2) is 6.29 Å². The minimum absolute atomic E-state index is 0.0105. The fraction of sp³-hybridized carbons (Fsp3) is 0.933. The predicted octanol–water partition coefficient (Wildman–Crippen LogP) is 4.74. The molecule has 0 atom stereocenters. The summed E-state index contributed by atoms with van der Waals surface area (Å²) in [5.41, 5.74) is 0.557. The van der Waals surface area contributed by atoms with Gasteiger partial charge in [0.25, 0.3) is 0 Å². The molecule has 0 bridgehead atoms. The van der Waals surface area contributed by atoms with Crippen LogP contribution in [0.15, 0.2) is 0 Å². The van der Waals surface area contributed by atoms with E-state index in [0.29, 0.717) is 5.41 Å². The molecular formula is C15H28O. The standard InChI is InChI=1S/C15H28O/c1-4-6-7-8-15(5-2)11-9-14(3,13-16)10-12-15/h13H,4-12H2,1-3H3. The van der Waals surface area contributed by atoms with E-state index in [1.807, 2.05) is 0 Å². The largest absolute Gasteiger partial charge is 0.303 e. The van der Waals surface area contributed by atoms with Crippen molar-refractivity contribution in [3.63, 3.8) is 0 Å². The molecule has 1 rings (SSSR count). The summed E-state index contributed by atoms with van der Waals surface area (Å²) in [5.74, 6) is 0. The first-order valence-electron chi connectivity index (χ1n) is 7.06. The molecule has 16 heavy (non-hydrogen) atoms. The highest BCUT2D eigenvalue weighted by Crippen LogP contribution is 2.48. The minimum atomic E-state index is -0.0105. The lowest BCUT2D eigenvalue weighted by atomic mass is 9.62. The molecular weight excluding hydrogens is 196 g/mol. The molecule has 0 N–H and O–H groups in total. The average Bonchev–Trinajstić information content (AvgIpc) is 2.33. The van der Waals surface area contributed by atoms with Crippen LogP contribution in [0.25, 0.3) is 0 Å². The van der Waals surface area contributed by atoms with Crippen LogP contribution in [0.2, 0.25) is 0 Å². The van der Waals surface area contributed by atoms with Gasteiger partial charge in [0.05, 0.1) is 0 Å². The molecule has 94 valence electrons. The Morgan fingerprint density at radius 2 is 1.69 bits per heavy atom. The molecule has 0 saturated heterocycles. The summed E-state index contributed by atoms with van der Waals surface area (Å²) in [7, 11) is 0. The van der Waals surface area contributed by atoms with Crippen LogP contribution in [0.4, 0.5) is 0 Å². The lowest BCUT2D eigenvalue weighted by Gasteiger charge is -2.42. The molecule has 1 heteroatoms. The number of carbonyl (C=O) groups excluding carboxylic acids is 1. The fourth-order valence-electron chi connectivity index (χ4n) is 3.00. The van der Waals surface area contributed by atoms with Crippen molar-refractivity contribution in [3.8, 4) is 0 Å². The summed E-state index contributed by atoms with van der Waals surface area (Å²) in [4.78, 5) is 11.0. The smallest absolute Gasteiger partial charge is 0.125 e. The SMILES string of the molecule is CCCCCC1(CC)CCC(C)(C=O)CC1. The van der Waals surface area contributed by atoms with Gasteiger partial charge < -0.3 is 4.79 Å². The molecule has 0 radical (unpaired) electrons. The van der Waals surface area contributed by atoms with Gasteiger partial charge in [0, 0.05) is 5.41 Å². The maximum atomic E-state index is 11.0. The molecule has 0 unspecified atom stereocenters. The van der Waals surface area contributed by atoms with E-state index in [9.17, 15) is 4.79 Å². The maximum absolute atomic E-state index is 11.0. The quantitative estimate of drug-likeness (QED) is 0.470. The fourth-order valence-corrected chi connectivity index (χ4v) is 3.00. The third-order valence-corrected chi connectivity index (χ3v) is 4.80. The van der Waals surface area contributed by atoms with Gasteiger partial charge in [-0.15, -0.1) is 0 Å². The van der Waals surface area contributed by atoms with Gasteiger partial charge in [-0.3, -0.25) is 0 Å². The zero-order chi connectivity index (χ0) is 12.1. The summed E-state index contributed by atoms with van der Waals surface area (Å²) in [6.45, 7) is 6.73. The van der Waals surface area contributed by atoms with Crippen LogP contribution in [-0.2, 0) is 4.79 Å². The van der Waals surface area contributed by atoms with Crippen LogP contribution < -0.4 is 0 Å². The van der Waals surface area contributed by atoms with Crippen molar-refractivity contribution in [1.29, 1.82) is 0 Å². The topological polar surface area (TPSA) is 17.1 Å². The molecule has 0 amide bonds. The maximum Gasteiger partial charge on any atom is 0.125 e. The molecule has 1 fully saturated rings. The number of rotatable bonds is 6. The first-order chi connectivity index (χ1) is 7.60. The monoisotopic (exact) mass is 224 g/mol. The second kappa shape index (κ2) is 5.84. The summed E-state index contributed by atoms with van der Waals surface area (Å²) in [6, 6.07) is 0. The molecule has 1 saturated carbocycles. The zero-order valence-electron chi connectivity index (χ0n) is 11.3. The Balaban J connectivity index is 2.47. The number of aldehydes is 1. The van der Waals surface area contributed by atoms with Crippen LogP contribution in [0, 0.1) is 10.8 Å². The van der Waals surface area contributed by atoms with Crippen molar-refractivity contribution in [2.75, 3.05) is 0 Å². The Labute approximate surface area is 101 Å². The number of hydrogen-bond acceptors (Lipinski definition) is 1. The predicted molar refractivity (Wildman–Crippen MR) is 69.5 cm³/mol. The Bertz CT molecular complexity index is 211. The second-order valence-corrected chi connectivity index (χ2v) is 6.08. The van der Waals surface area contributed by atoms with E-state index in [-0.39, 0.29) is 5.41 Å². The second-order valence-electron chi connectivity index (χ2n) is 6.08. The molecule has 0 aromatic heterocycles. The number of carbonyl (C=O) groups is 1. The van der Waals surface area contributed by atoms with Crippen molar-refractivity contribution >= 4 is 6.29 Å². The van der Waals surface area contributed by atoms with Gasteiger partial charge in [-0.2, -0.15) is 0 Å². The first kappa shape index (κ1) is 13.7. The number of unbranched alkanes of at least 4 members (excludes halogenated alkanes) is 2. The minimum Gasteiger partial charge on any atom is -0.303 e. The lowest BCUT2D eigenvalue weighted by molar-refractivity contribution is -0.118. The van der Waals surface area contributed by atoms with Gasteiger partial charge in [0.15, 0.2) is 0 Å². The highest BCUT2D eigenvalue weighted by atomic mass is 16.1. The van der Waals surface area contributed by atoms with E-state index in [4.69, 9.17) is 0 Å². The molecule has 1 nitrogen and oxygen atoms in total. The Kier molecular flexibility index (Phi) is 5.01. The Morgan fingerprint density at radius 1 is 1.06 bits per heavy atom. The first-order valence-corrected chi connectivity index (χ1v) is 7.06. The third kappa shape index (κ3) is 3.33. The molecule has 1 aliphatic carbocycles. The van der Waals surface area contributed by atoms with Crippen LogP contribution in [0.3, 0.4) is 0 Å². The van der Waals surface area contributed by atoms with Gasteiger partial charge in [-0.1, -0.05) is 46.5 Å². The van der Waals surface area contributed by atoms with Gasteiger partial charge in [0.2, 0.25) is 0 Å². The van der Waals surface area contributed by atoms with Crippen molar-refractivity contribution in [3.05, 3.63) is 0 Å². The van der Waals surface area contributed by atoms with E-state index in [2.05, 4.69) is 20.8 Å². The van der Waals surface area contributed by atoms with Gasteiger partial charge in [0.1, 0.15) is 6.29 Å². The highest BCUT2D eigenvalue weighted by molar-refractivity contribution is 5.58. The van der Waals surface area contributed by atoms with E-state index >= 15 is 0 Å². The van der Waals surface area contributed by atoms with Crippen molar-refractivity contribution < 1.29 is 4.79 Å². The molecule has 0 aliphatic heterocycles.